The Morgan fingerprint density at radius 3 is 1.57 bits per heavy atom. The van der Waals surface area contributed by atoms with E-state index in [0.29, 0.717) is 16.7 Å². The molecule has 0 fully saturated rings. The van der Waals surface area contributed by atoms with Crippen molar-refractivity contribution in [3.05, 3.63) is 0 Å². The molecule has 0 unspecified atom stereocenters. The molecule has 0 aliphatic rings. The molecule has 0 aromatic carbocycles. The van der Waals surface area contributed by atoms with Crippen LogP contribution in [0.15, 0.2) is 0 Å². The molecular formula is C24H41N3O10. The fourth-order valence-electron chi connectivity index (χ4n) is 4.29. The third-order valence-electron chi connectivity index (χ3n) is 7.19. The third kappa shape index (κ3) is 5.74. The largest absolute Gasteiger partial charge is 0.479 e. The molecule has 0 aliphatic heterocycles. The van der Waals surface area contributed by atoms with Crippen molar-refractivity contribution in [3.8, 4) is 0 Å². The van der Waals surface area contributed by atoms with Crippen LogP contribution in [0.1, 0.15) is 54.9 Å². The zero-order valence-corrected chi connectivity index (χ0v) is 23.1. The van der Waals surface area contributed by atoms with E-state index in [4.69, 9.17) is 0 Å². The molecule has 212 valence electrons. The summed E-state index contributed by atoms with van der Waals surface area (Å²) in [6.07, 6.45) is -3.36. The lowest BCUT2D eigenvalue weighted by molar-refractivity contribution is -0.178. The Labute approximate surface area is 216 Å². The second-order valence-electron chi connectivity index (χ2n) is 9.70. The van der Waals surface area contributed by atoms with Gasteiger partial charge in [-0.15, -0.1) is 0 Å². The highest BCUT2D eigenvalue weighted by Crippen LogP contribution is 2.38. The highest BCUT2D eigenvalue weighted by molar-refractivity contribution is 6.30. The summed E-state index contributed by atoms with van der Waals surface area (Å²) in [5.74, 6) is -9.29. The summed E-state index contributed by atoms with van der Waals surface area (Å²) in [6.45, 7) is 8.05. The van der Waals surface area contributed by atoms with Gasteiger partial charge in [-0.05, 0) is 47.6 Å². The molecule has 37 heavy (non-hydrogen) atoms. The van der Waals surface area contributed by atoms with Crippen molar-refractivity contribution in [1.82, 2.24) is 15.1 Å². The van der Waals surface area contributed by atoms with E-state index in [1.165, 1.54) is 20.9 Å². The molecule has 7 atom stereocenters. The van der Waals surface area contributed by atoms with Gasteiger partial charge in [0.2, 0.25) is 11.4 Å². The van der Waals surface area contributed by atoms with Crippen LogP contribution >= 0.6 is 0 Å². The molecule has 0 aliphatic carbocycles. The minimum Gasteiger partial charge on any atom is -0.479 e. The van der Waals surface area contributed by atoms with Crippen molar-refractivity contribution in [1.29, 1.82) is 0 Å². The third-order valence-corrected chi connectivity index (χ3v) is 7.19. The Kier molecular flexibility index (Phi) is 11.3. The summed E-state index contributed by atoms with van der Waals surface area (Å²) < 4.78 is 0. The molecule has 0 heterocycles. The molecule has 0 rings (SSSR count). The minimum atomic E-state index is -3.22. The van der Waals surface area contributed by atoms with E-state index in [2.05, 4.69) is 5.32 Å². The van der Waals surface area contributed by atoms with Crippen LogP contribution in [0, 0.1) is 5.92 Å². The Balaban J connectivity index is 7.97. The number of carboxylic acid groups (broad SMARTS) is 1. The number of likely N-dealkylation sites (N-methyl/N-ethyl adjacent to an activating group) is 3. The molecule has 0 spiro atoms. The van der Waals surface area contributed by atoms with Crippen LogP contribution in [-0.4, -0.2) is 121 Å². The summed E-state index contributed by atoms with van der Waals surface area (Å²) >= 11 is 0. The van der Waals surface area contributed by atoms with Gasteiger partial charge in [0.25, 0.3) is 11.8 Å². The molecule has 0 saturated heterocycles. The number of aliphatic hydroxyl groups is 3. The molecular weight excluding hydrogens is 490 g/mol. The zero-order valence-electron chi connectivity index (χ0n) is 23.1. The summed E-state index contributed by atoms with van der Waals surface area (Å²) in [4.78, 5) is 81.2. The number of aliphatic carboxylic acids is 1. The summed E-state index contributed by atoms with van der Waals surface area (Å²) in [5.41, 5.74) is -8.63. The van der Waals surface area contributed by atoms with Crippen LogP contribution in [0.3, 0.4) is 0 Å². The first kappa shape index (κ1) is 34.3. The number of carboxylic acids is 1. The molecule has 0 bridgehead atoms. The number of rotatable bonds is 14. The van der Waals surface area contributed by atoms with Crippen molar-refractivity contribution in [2.24, 2.45) is 5.92 Å². The van der Waals surface area contributed by atoms with Crippen LogP contribution in [0.4, 0.5) is 0 Å². The quantitative estimate of drug-likeness (QED) is 0.161. The van der Waals surface area contributed by atoms with E-state index in [0.717, 1.165) is 34.9 Å². The van der Waals surface area contributed by atoms with Gasteiger partial charge in [-0.2, -0.15) is 0 Å². The second kappa shape index (κ2) is 12.2. The lowest BCUT2D eigenvalue weighted by Crippen LogP contribution is -2.77. The SMILES string of the molecule is CC[C@@H](C)[C@@](C(=O)[C@H](C)NC)(C(=O)[C@](C)(C(=O)[C@](C)(O)C(=O)O)N(C)C(=O)[C@@H](C)O)N(C)C(=O)[C@@H](C)O. The van der Waals surface area contributed by atoms with Gasteiger partial charge in [0, 0.05) is 14.1 Å². The Morgan fingerprint density at radius 2 is 1.24 bits per heavy atom. The van der Waals surface area contributed by atoms with Crippen molar-refractivity contribution in [2.45, 2.75) is 89.8 Å². The van der Waals surface area contributed by atoms with Crippen LogP contribution in [0.2, 0.25) is 0 Å². The molecule has 13 nitrogen and oxygen atoms in total. The highest BCUT2D eigenvalue weighted by atomic mass is 16.4. The van der Waals surface area contributed by atoms with Gasteiger partial charge in [0.05, 0.1) is 6.04 Å². The number of carbonyl (C=O) groups is 6. The Bertz CT molecular complexity index is 932. The smallest absolute Gasteiger partial charge is 0.343 e. The number of nitrogens with one attached hydrogen (secondary N) is 1. The predicted octanol–water partition coefficient (Wildman–Crippen LogP) is -1.64. The number of hydrogen-bond donors (Lipinski definition) is 5. The first-order chi connectivity index (χ1) is 16.7. The fraction of sp³-hybridized carbons (Fsp3) is 0.750. The molecule has 5 N–H and O–H groups in total. The topological polar surface area (TPSA) is 202 Å². The van der Waals surface area contributed by atoms with Crippen molar-refractivity contribution in [3.63, 3.8) is 0 Å². The zero-order chi connectivity index (χ0) is 29.8. The van der Waals surface area contributed by atoms with Gasteiger partial charge < -0.3 is 35.5 Å². The lowest BCUT2D eigenvalue weighted by Gasteiger charge is -2.50. The summed E-state index contributed by atoms with van der Waals surface area (Å²) in [5, 5.41) is 42.8. The van der Waals surface area contributed by atoms with Crippen LogP contribution in [0.25, 0.3) is 0 Å². The normalized spacial score (nSPS) is 19.6. The summed E-state index contributed by atoms with van der Waals surface area (Å²) in [6, 6.07) is -1.10. The maximum atomic E-state index is 14.7. The first-order valence-electron chi connectivity index (χ1n) is 11.8. The standard InChI is InChI=1S/C24H41N3O10/c1-11-12(2)24(16(30)13(3)25-8,27(10)18(32)15(5)29)20(34)22(6,26(9)17(31)14(4)28)19(33)23(7,37)21(35)36/h12-15,25,28-29,37H,11H2,1-10H3,(H,35,36)/t12-,13+,14-,15-,22+,23+,24-/m1/s1. The maximum absolute atomic E-state index is 14.7. The number of carbonyl (C=O) groups excluding carboxylic acids is 5. The monoisotopic (exact) mass is 531 g/mol. The van der Waals surface area contributed by atoms with Gasteiger partial charge in [-0.3, -0.25) is 24.0 Å². The number of Topliss-reactive ketones (excluding diaryl/α,β-unsaturated/α-hetero) is 3. The molecule has 2 amide bonds. The molecule has 0 aromatic rings. The first-order valence-corrected chi connectivity index (χ1v) is 11.8. The van der Waals surface area contributed by atoms with E-state index in [9.17, 15) is 49.2 Å². The number of hydrogen-bond acceptors (Lipinski definition) is 10. The number of ketones is 3. The average Bonchev–Trinajstić information content (AvgIpc) is 2.84. The van der Waals surface area contributed by atoms with Crippen molar-refractivity contribution >= 4 is 35.1 Å². The molecule has 0 saturated carbocycles. The van der Waals surface area contributed by atoms with Gasteiger partial charge in [0.1, 0.15) is 12.2 Å². The Hall–Kier alpha value is -2.74. The Morgan fingerprint density at radius 1 is 0.838 bits per heavy atom. The van der Waals surface area contributed by atoms with Crippen molar-refractivity contribution < 1.29 is 49.2 Å². The van der Waals surface area contributed by atoms with Gasteiger partial charge >= 0.3 is 5.97 Å². The van der Waals surface area contributed by atoms with Gasteiger partial charge in [0.15, 0.2) is 22.6 Å². The minimum absolute atomic E-state index is 0.0823. The molecule has 0 radical (unpaired) electrons. The predicted molar refractivity (Wildman–Crippen MR) is 131 cm³/mol. The highest BCUT2D eigenvalue weighted by Gasteiger charge is 2.66. The van der Waals surface area contributed by atoms with E-state index >= 15 is 0 Å². The molecule has 13 heteroatoms. The second-order valence-corrected chi connectivity index (χ2v) is 9.70. The van der Waals surface area contributed by atoms with Gasteiger partial charge in [-0.1, -0.05) is 20.3 Å². The van der Waals surface area contributed by atoms with Crippen LogP contribution in [0.5, 0.6) is 0 Å². The maximum Gasteiger partial charge on any atom is 0.343 e. The van der Waals surface area contributed by atoms with E-state index in [1.54, 1.807) is 6.92 Å². The van der Waals surface area contributed by atoms with E-state index in [-0.39, 0.29) is 6.42 Å². The van der Waals surface area contributed by atoms with E-state index in [1.807, 2.05) is 0 Å². The lowest BCUT2D eigenvalue weighted by atomic mass is 9.65. The summed E-state index contributed by atoms with van der Waals surface area (Å²) in [7, 11) is 3.43. The van der Waals surface area contributed by atoms with Crippen LogP contribution < -0.4 is 5.32 Å². The number of amides is 2. The average molecular weight is 532 g/mol. The fourth-order valence-corrected chi connectivity index (χ4v) is 4.29. The van der Waals surface area contributed by atoms with E-state index < -0.39 is 76.0 Å². The van der Waals surface area contributed by atoms with Gasteiger partial charge in [-0.25, -0.2) is 4.79 Å². The number of aliphatic hydroxyl groups excluding tert-OH is 2. The van der Waals surface area contributed by atoms with Crippen LogP contribution in [-0.2, 0) is 28.8 Å². The van der Waals surface area contributed by atoms with Crippen molar-refractivity contribution in [2.75, 3.05) is 21.1 Å². The molecule has 0 aromatic heterocycles. The number of nitrogens with zero attached hydrogens (tertiary/aromatic N) is 2.